The first-order valence-electron chi connectivity index (χ1n) is 5.31. The number of nitrogens with zero attached hydrogens (tertiary/aromatic N) is 1. The minimum Gasteiger partial charge on any atom is -0.497 e. The maximum absolute atomic E-state index is 11.8. The van der Waals surface area contributed by atoms with Crippen LogP contribution in [0.4, 0.5) is 5.69 Å². The number of aromatic nitrogens is 1. The largest absolute Gasteiger partial charge is 0.497 e. The second-order valence-corrected chi connectivity index (χ2v) is 4.51. The van der Waals surface area contributed by atoms with Crippen LogP contribution >= 0.6 is 11.3 Å². The molecule has 1 amide bonds. The third-order valence-corrected chi connectivity index (χ3v) is 3.06. The lowest BCUT2D eigenvalue weighted by Gasteiger charge is -2.07. The van der Waals surface area contributed by atoms with Gasteiger partial charge in [-0.3, -0.25) is 10.2 Å². The minimum absolute atomic E-state index is 0.138. The molecule has 0 fully saturated rings. The molecule has 6 heteroatoms. The van der Waals surface area contributed by atoms with Gasteiger partial charge in [0.25, 0.3) is 0 Å². The summed E-state index contributed by atoms with van der Waals surface area (Å²) in [6.45, 7) is 0.138. The number of carbonyl (C=O) groups excluding carboxylic acids is 1. The molecule has 1 aromatic heterocycles. The molecule has 0 radical (unpaired) electrons. The fourth-order valence-corrected chi connectivity index (χ4v) is 2.08. The van der Waals surface area contributed by atoms with E-state index in [1.807, 2.05) is 12.1 Å². The van der Waals surface area contributed by atoms with Crippen LogP contribution in [0, 0.1) is 5.41 Å². The number of rotatable bonds is 4. The van der Waals surface area contributed by atoms with Crippen LogP contribution in [0.15, 0.2) is 35.8 Å². The van der Waals surface area contributed by atoms with Crippen LogP contribution in [0.1, 0.15) is 0 Å². The first-order valence-corrected chi connectivity index (χ1v) is 6.19. The van der Waals surface area contributed by atoms with Gasteiger partial charge in [-0.05, 0) is 12.1 Å². The van der Waals surface area contributed by atoms with Crippen LogP contribution in [0.5, 0.6) is 5.75 Å². The molecule has 0 atom stereocenters. The van der Waals surface area contributed by atoms with Crippen LogP contribution in [0.3, 0.4) is 0 Å². The van der Waals surface area contributed by atoms with E-state index in [1.54, 1.807) is 35.4 Å². The predicted molar refractivity (Wildman–Crippen MR) is 69.8 cm³/mol. The summed E-state index contributed by atoms with van der Waals surface area (Å²) in [4.78, 5) is 12.1. The highest BCUT2D eigenvalue weighted by Gasteiger charge is 2.05. The molecule has 18 heavy (non-hydrogen) atoms. The molecule has 94 valence electrons. The number of methoxy groups -OCH3 is 1. The van der Waals surface area contributed by atoms with Crippen LogP contribution < -0.4 is 14.9 Å². The summed E-state index contributed by atoms with van der Waals surface area (Å²) in [5.74, 6) is 0.525. The smallest absolute Gasteiger partial charge is 0.244 e. The number of carbonyl (C=O) groups is 1. The summed E-state index contributed by atoms with van der Waals surface area (Å²) in [7, 11) is 1.58. The summed E-state index contributed by atoms with van der Waals surface area (Å²) >= 11 is 1.29. The van der Waals surface area contributed by atoms with Gasteiger partial charge in [-0.15, -0.1) is 11.3 Å². The Labute approximate surface area is 108 Å². The van der Waals surface area contributed by atoms with E-state index in [2.05, 4.69) is 5.32 Å². The molecule has 2 N–H and O–H groups in total. The number of thiazole rings is 1. The van der Waals surface area contributed by atoms with Crippen molar-refractivity contribution in [3.8, 4) is 5.75 Å². The minimum atomic E-state index is -0.167. The lowest BCUT2D eigenvalue weighted by Crippen LogP contribution is -2.23. The molecule has 1 heterocycles. The second-order valence-electron chi connectivity index (χ2n) is 3.62. The van der Waals surface area contributed by atoms with Crippen molar-refractivity contribution in [3.63, 3.8) is 0 Å². The number of ether oxygens (including phenoxy) is 1. The van der Waals surface area contributed by atoms with Gasteiger partial charge in [0.2, 0.25) is 5.91 Å². The monoisotopic (exact) mass is 263 g/mol. The zero-order valence-corrected chi connectivity index (χ0v) is 10.7. The Morgan fingerprint density at radius 2 is 2.39 bits per heavy atom. The van der Waals surface area contributed by atoms with Gasteiger partial charge >= 0.3 is 0 Å². The number of nitrogens with one attached hydrogen (secondary N) is 2. The highest BCUT2D eigenvalue weighted by atomic mass is 32.1. The Balaban J connectivity index is 2.03. The van der Waals surface area contributed by atoms with Gasteiger partial charge in [0, 0.05) is 23.3 Å². The number of benzene rings is 1. The van der Waals surface area contributed by atoms with Crippen molar-refractivity contribution in [2.75, 3.05) is 12.4 Å². The lowest BCUT2D eigenvalue weighted by atomic mass is 10.3. The molecule has 0 saturated carbocycles. The Morgan fingerprint density at radius 1 is 1.56 bits per heavy atom. The molecule has 1 aromatic carbocycles. The Morgan fingerprint density at radius 3 is 3.06 bits per heavy atom. The Hall–Kier alpha value is -2.08. The van der Waals surface area contributed by atoms with Crippen molar-refractivity contribution in [1.29, 1.82) is 5.41 Å². The van der Waals surface area contributed by atoms with Crippen LogP contribution in [-0.2, 0) is 11.3 Å². The first-order chi connectivity index (χ1) is 8.69. The molecule has 0 unspecified atom stereocenters. The van der Waals surface area contributed by atoms with Gasteiger partial charge in [-0.2, -0.15) is 0 Å². The van der Waals surface area contributed by atoms with Crippen LogP contribution in [-0.4, -0.2) is 17.6 Å². The maximum atomic E-state index is 11.8. The summed E-state index contributed by atoms with van der Waals surface area (Å²) < 4.78 is 6.66. The average Bonchev–Trinajstić information content (AvgIpc) is 2.75. The molecular weight excluding hydrogens is 250 g/mol. The number of hydrogen-bond acceptors (Lipinski definition) is 4. The third-order valence-electron chi connectivity index (χ3n) is 2.35. The SMILES string of the molecule is COc1cccc(NC(=O)Cn2ccsc2=N)c1. The Kier molecular flexibility index (Phi) is 3.78. The highest BCUT2D eigenvalue weighted by Crippen LogP contribution is 2.16. The highest BCUT2D eigenvalue weighted by molar-refractivity contribution is 7.06. The number of hydrogen-bond donors (Lipinski definition) is 2. The molecule has 2 rings (SSSR count). The van der Waals surface area contributed by atoms with Crippen molar-refractivity contribution in [3.05, 3.63) is 40.6 Å². The fourth-order valence-electron chi connectivity index (χ4n) is 1.48. The van der Waals surface area contributed by atoms with E-state index in [0.717, 1.165) is 0 Å². The molecule has 0 bridgehead atoms. The van der Waals surface area contributed by atoms with Gasteiger partial charge in [-0.1, -0.05) is 6.07 Å². The van der Waals surface area contributed by atoms with Gasteiger partial charge < -0.3 is 14.6 Å². The molecule has 0 saturated heterocycles. The van der Waals surface area contributed by atoms with E-state index in [1.165, 1.54) is 11.3 Å². The van der Waals surface area contributed by atoms with Crippen molar-refractivity contribution < 1.29 is 9.53 Å². The fraction of sp³-hybridized carbons (Fsp3) is 0.167. The van der Waals surface area contributed by atoms with E-state index in [4.69, 9.17) is 10.1 Å². The zero-order valence-electron chi connectivity index (χ0n) is 9.84. The molecule has 5 nitrogen and oxygen atoms in total. The Bertz CT molecular complexity index is 603. The van der Waals surface area contributed by atoms with E-state index < -0.39 is 0 Å². The first kappa shape index (κ1) is 12.4. The van der Waals surface area contributed by atoms with Gasteiger partial charge in [-0.25, -0.2) is 0 Å². The second kappa shape index (κ2) is 5.50. The van der Waals surface area contributed by atoms with Gasteiger partial charge in [0.1, 0.15) is 12.3 Å². The van der Waals surface area contributed by atoms with E-state index in [0.29, 0.717) is 16.2 Å². The van der Waals surface area contributed by atoms with Crippen molar-refractivity contribution >= 4 is 22.9 Å². The topological polar surface area (TPSA) is 67.1 Å². The number of amides is 1. The normalized spacial score (nSPS) is 10.1. The van der Waals surface area contributed by atoms with Crippen molar-refractivity contribution in [1.82, 2.24) is 4.57 Å². The lowest BCUT2D eigenvalue weighted by molar-refractivity contribution is -0.116. The standard InChI is InChI=1S/C12H13N3O2S/c1-17-10-4-2-3-9(7-10)14-11(16)8-15-5-6-18-12(15)13/h2-7,13H,8H2,1H3,(H,14,16). The quantitative estimate of drug-likeness (QED) is 0.881. The number of anilines is 1. The summed E-state index contributed by atoms with van der Waals surface area (Å²) in [6.07, 6.45) is 1.72. The molecule has 0 aliphatic carbocycles. The molecule has 0 aliphatic rings. The molecular formula is C12H13N3O2S. The van der Waals surface area contributed by atoms with E-state index in [9.17, 15) is 4.79 Å². The van der Waals surface area contributed by atoms with Gasteiger partial charge in [0.05, 0.1) is 7.11 Å². The van der Waals surface area contributed by atoms with Crippen molar-refractivity contribution in [2.45, 2.75) is 6.54 Å². The maximum Gasteiger partial charge on any atom is 0.244 e. The van der Waals surface area contributed by atoms with Crippen LogP contribution in [0.25, 0.3) is 0 Å². The summed E-state index contributed by atoms with van der Waals surface area (Å²) in [5.41, 5.74) is 0.682. The predicted octanol–water partition coefficient (Wildman–Crippen LogP) is 1.68. The van der Waals surface area contributed by atoms with Crippen LogP contribution in [0.2, 0.25) is 0 Å². The average molecular weight is 263 g/mol. The van der Waals surface area contributed by atoms with E-state index >= 15 is 0 Å². The van der Waals surface area contributed by atoms with Crippen molar-refractivity contribution in [2.24, 2.45) is 0 Å². The molecule has 0 spiro atoms. The molecule has 0 aliphatic heterocycles. The van der Waals surface area contributed by atoms with E-state index in [-0.39, 0.29) is 12.5 Å². The third kappa shape index (κ3) is 2.98. The van der Waals surface area contributed by atoms with Gasteiger partial charge in [0.15, 0.2) is 4.80 Å². The zero-order chi connectivity index (χ0) is 13.0. The summed E-state index contributed by atoms with van der Waals surface area (Å²) in [6, 6.07) is 7.16. The molecule has 2 aromatic rings. The summed E-state index contributed by atoms with van der Waals surface area (Å²) in [5, 5.41) is 12.1.